The van der Waals surface area contributed by atoms with Gasteiger partial charge in [0.15, 0.2) is 0 Å². The van der Waals surface area contributed by atoms with Gasteiger partial charge in [0.2, 0.25) is 0 Å². The van der Waals surface area contributed by atoms with Crippen LogP contribution in [0, 0.1) is 0 Å². The molecule has 0 aromatic carbocycles. The Morgan fingerprint density at radius 1 is 1.80 bits per heavy atom. The molecule has 0 amide bonds. The van der Waals surface area contributed by atoms with Crippen molar-refractivity contribution in [3.8, 4) is 0 Å². The number of rotatable bonds is 1. The number of nitrogens with zero attached hydrogens (tertiary/aromatic N) is 1. The van der Waals surface area contributed by atoms with Crippen LogP contribution >= 0.6 is 0 Å². The quantitative estimate of drug-likeness (QED) is 0.378. The van der Waals surface area contributed by atoms with Crippen LogP contribution in [-0.2, 0) is 32.7 Å². The molecule has 0 aromatic heterocycles. The second kappa shape index (κ2) is 8.84. The van der Waals surface area contributed by atoms with Gasteiger partial charge in [0.05, 0.1) is 0 Å². The first-order valence-electron chi connectivity index (χ1n) is 1.28. The second-order valence-electron chi connectivity index (χ2n) is 0.499. The molecule has 0 fully saturated rings. The first-order valence-corrected chi connectivity index (χ1v) is 1.28. The third-order valence-electron chi connectivity index (χ3n) is 0.183. The zero-order valence-electron chi connectivity index (χ0n) is 3.31. The largest absolute Gasteiger partial charge is 0.506 e. The van der Waals surface area contributed by atoms with Crippen molar-refractivity contribution >= 4 is 6.72 Å². The van der Waals surface area contributed by atoms with Gasteiger partial charge >= 0.3 is 0 Å². The van der Waals surface area contributed by atoms with Crippen molar-refractivity contribution in [2.24, 2.45) is 4.99 Å². The smallest absolute Gasteiger partial charge is 0 e. The average molecular weight is 145 g/mol. The molecule has 0 aliphatic rings. The van der Waals surface area contributed by atoms with Crippen molar-refractivity contribution in [1.82, 2.24) is 0 Å². The SMILES string of the molecule is [CH-]=NCC.[Y]. The number of hydrogen-bond acceptors (Lipinski definition) is 1. The second-order valence-corrected chi connectivity index (χ2v) is 0.499. The van der Waals surface area contributed by atoms with Crippen LogP contribution in [-0.4, -0.2) is 13.3 Å². The van der Waals surface area contributed by atoms with Crippen LogP contribution < -0.4 is 0 Å². The fourth-order valence-electron chi connectivity index (χ4n) is 0. The molecule has 0 aromatic rings. The summed E-state index contributed by atoms with van der Waals surface area (Å²) in [5.41, 5.74) is 0. The molecule has 1 radical (unpaired) electrons. The molecule has 0 bridgehead atoms. The summed E-state index contributed by atoms with van der Waals surface area (Å²) in [7, 11) is 0. The molecule has 0 aliphatic carbocycles. The van der Waals surface area contributed by atoms with Gasteiger partial charge in [-0.1, -0.05) is 0 Å². The Morgan fingerprint density at radius 2 is 2.00 bits per heavy atom. The predicted octanol–water partition coefficient (Wildman–Crippen LogP) is 0.581. The maximum Gasteiger partial charge on any atom is 0 e. The summed E-state index contributed by atoms with van der Waals surface area (Å²) in [5.74, 6) is 0. The molecular weight excluding hydrogens is 139 g/mol. The molecule has 0 saturated heterocycles. The minimum Gasteiger partial charge on any atom is -0.506 e. The molecule has 0 atom stereocenters. The minimum atomic E-state index is 0. The summed E-state index contributed by atoms with van der Waals surface area (Å²) >= 11 is 0. The Balaban J connectivity index is 0. The molecule has 0 saturated carbocycles. The third kappa shape index (κ3) is 11.7. The summed E-state index contributed by atoms with van der Waals surface area (Å²) < 4.78 is 0. The number of hydrogen-bond donors (Lipinski definition) is 0. The van der Waals surface area contributed by atoms with E-state index < -0.39 is 0 Å². The topological polar surface area (TPSA) is 12.4 Å². The third-order valence-corrected chi connectivity index (χ3v) is 0.183. The molecule has 5 heavy (non-hydrogen) atoms. The maximum absolute atomic E-state index is 4.65. The van der Waals surface area contributed by atoms with Gasteiger partial charge in [-0.2, -0.15) is 0 Å². The van der Waals surface area contributed by atoms with E-state index in [9.17, 15) is 0 Å². The summed E-state index contributed by atoms with van der Waals surface area (Å²) in [4.78, 5) is 3.24. The van der Waals surface area contributed by atoms with Crippen molar-refractivity contribution in [3.05, 3.63) is 0 Å². The van der Waals surface area contributed by atoms with Gasteiger partial charge in [-0.05, 0) is 13.5 Å². The van der Waals surface area contributed by atoms with Crippen LogP contribution in [0.25, 0.3) is 0 Å². The molecule has 0 rings (SSSR count). The molecule has 0 spiro atoms. The molecule has 0 unspecified atom stereocenters. The summed E-state index contributed by atoms with van der Waals surface area (Å²) in [6, 6.07) is 0. The van der Waals surface area contributed by atoms with Crippen LogP contribution in [0.5, 0.6) is 0 Å². The zero-order valence-corrected chi connectivity index (χ0v) is 6.15. The Morgan fingerprint density at radius 3 is 2.00 bits per heavy atom. The van der Waals surface area contributed by atoms with Crippen molar-refractivity contribution in [2.75, 3.05) is 6.54 Å². The van der Waals surface area contributed by atoms with Crippen molar-refractivity contribution in [2.45, 2.75) is 6.92 Å². The van der Waals surface area contributed by atoms with Gasteiger partial charge in [0, 0.05) is 32.7 Å². The van der Waals surface area contributed by atoms with Crippen LogP contribution in [0.1, 0.15) is 6.92 Å². The van der Waals surface area contributed by atoms with Crippen LogP contribution in [0.15, 0.2) is 4.99 Å². The fourth-order valence-corrected chi connectivity index (χ4v) is 0. The molecule has 0 aliphatic heterocycles. The predicted molar refractivity (Wildman–Crippen MR) is 19.0 cm³/mol. The van der Waals surface area contributed by atoms with Gasteiger partial charge in [-0.15, -0.1) is 0 Å². The van der Waals surface area contributed by atoms with E-state index in [1.807, 2.05) is 6.92 Å². The van der Waals surface area contributed by atoms with Gasteiger partial charge in [0.1, 0.15) is 0 Å². The van der Waals surface area contributed by atoms with Gasteiger partial charge in [-0.3, -0.25) is 0 Å². The molecule has 0 heterocycles. The van der Waals surface area contributed by atoms with Crippen molar-refractivity contribution < 1.29 is 32.7 Å². The Kier molecular flexibility index (Phi) is 16.3. The standard InChI is InChI=1S/C3H6N.Y/c1-3-4-2;/h2H,3H2,1H3;/q-1;. The number of aliphatic imine (C=N–C) groups is 1. The van der Waals surface area contributed by atoms with E-state index in [2.05, 4.69) is 11.7 Å². The van der Waals surface area contributed by atoms with E-state index in [0.29, 0.717) is 0 Å². The van der Waals surface area contributed by atoms with Crippen LogP contribution in [0.2, 0.25) is 0 Å². The summed E-state index contributed by atoms with van der Waals surface area (Å²) in [6.07, 6.45) is 0. The minimum absolute atomic E-state index is 0. The summed E-state index contributed by atoms with van der Waals surface area (Å²) in [5, 5.41) is 0. The Bertz CT molecular complexity index is 20.9. The van der Waals surface area contributed by atoms with Crippen LogP contribution in [0.3, 0.4) is 0 Å². The fraction of sp³-hybridized carbons (Fsp3) is 0.667. The normalized spacial score (nSPS) is 5.00. The van der Waals surface area contributed by atoms with E-state index in [1.54, 1.807) is 0 Å². The molecule has 0 N–H and O–H groups in total. The average Bonchev–Trinajstić information content (AvgIpc) is 1.37. The van der Waals surface area contributed by atoms with Crippen LogP contribution in [0.4, 0.5) is 0 Å². The zero-order chi connectivity index (χ0) is 3.41. The summed E-state index contributed by atoms with van der Waals surface area (Å²) in [6.45, 7) is 7.26. The molecule has 2 heteroatoms. The van der Waals surface area contributed by atoms with Gasteiger partial charge in [0.25, 0.3) is 0 Å². The van der Waals surface area contributed by atoms with Gasteiger partial charge in [-0.25, -0.2) is 0 Å². The monoisotopic (exact) mass is 145 g/mol. The van der Waals surface area contributed by atoms with Crippen molar-refractivity contribution in [1.29, 1.82) is 0 Å². The first-order chi connectivity index (χ1) is 1.91. The van der Waals surface area contributed by atoms with E-state index >= 15 is 0 Å². The van der Waals surface area contributed by atoms with E-state index in [0.717, 1.165) is 6.54 Å². The van der Waals surface area contributed by atoms with Crippen molar-refractivity contribution in [3.63, 3.8) is 0 Å². The Labute approximate surface area is 57.7 Å². The molecular formula is C3H6NY-. The molecule has 27 valence electrons. The maximum atomic E-state index is 4.65. The Hall–Kier alpha value is 0.774. The molecule has 1 nitrogen and oxygen atoms in total. The van der Waals surface area contributed by atoms with E-state index in [1.165, 1.54) is 0 Å². The van der Waals surface area contributed by atoms with E-state index in [-0.39, 0.29) is 32.7 Å². The van der Waals surface area contributed by atoms with E-state index in [4.69, 9.17) is 0 Å². The first kappa shape index (κ1) is 9.24. The van der Waals surface area contributed by atoms with Gasteiger partial charge < -0.3 is 11.7 Å².